The van der Waals surface area contributed by atoms with E-state index in [4.69, 9.17) is 5.73 Å². The van der Waals surface area contributed by atoms with Crippen LogP contribution in [-0.4, -0.2) is 46.2 Å². The summed E-state index contributed by atoms with van der Waals surface area (Å²) in [5.74, 6) is 0.755. The zero-order chi connectivity index (χ0) is 20.0. The van der Waals surface area contributed by atoms with Gasteiger partial charge in [0.1, 0.15) is 4.88 Å². The maximum atomic E-state index is 13.1. The van der Waals surface area contributed by atoms with Gasteiger partial charge in [0.25, 0.3) is 5.91 Å². The molecule has 7 heteroatoms. The van der Waals surface area contributed by atoms with Crippen LogP contribution in [0.2, 0.25) is 0 Å². The first-order chi connectivity index (χ1) is 13.4. The number of benzene rings is 1. The summed E-state index contributed by atoms with van der Waals surface area (Å²) in [6, 6.07) is 8.31. The molecule has 4 rings (SSSR count). The highest BCUT2D eigenvalue weighted by Gasteiger charge is 2.50. The van der Waals surface area contributed by atoms with E-state index < -0.39 is 0 Å². The molecule has 0 radical (unpaired) electrons. The Kier molecular flexibility index (Phi) is 4.87. The molecule has 2 amide bonds. The Bertz CT molecular complexity index is 925. The number of anilines is 1. The zero-order valence-corrected chi connectivity index (χ0v) is 17.3. The fraction of sp³-hybridized carbons (Fsp3) is 0.476. The average molecular weight is 399 g/mol. The van der Waals surface area contributed by atoms with Crippen LogP contribution in [0, 0.1) is 25.7 Å². The Labute approximate surface area is 169 Å². The molecule has 2 saturated heterocycles. The summed E-state index contributed by atoms with van der Waals surface area (Å²) in [5, 5.41) is 0.428. The third-order valence-corrected chi connectivity index (χ3v) is 7.06. The number of nitrogen functional groups attached to an aromatic ring is 1. The molecule has 0 spiro atoms. The van der Waals surface area contributed by atoms with E-state index in [9.17, 15) is 9.59 Å². The lowest BCUT2D eigenvalue weighted by atomic mass is 9.87. The van der Waals surface area contributed by atoms with Crippen molar-refractivity contribution in [1.82, 2.24) is 14.8 Å². The third-order valence-electron chi connectivity index (χ3n) is 6.09. The largest absolute Gasteiger partial charge is 0.375 e. The molecule has 3 atom stereocenters. The van der Waals surface area contributed by atoms with Gasteiger partial charge in [-0.3, -0.25) is 9.59 Å². The Balaban J connectivity index is 1.63. The summed E-state index contributed by atoms with van der Waals surface area (Å²) in [7, 11) is 0. The third kappa shape index (κ3) is 3.07. The lowest BCUT2D eigenvalue weighted by Crippen LogP contribution is -2.37. The number of aryl methyl sites for hydroxylation is 2. The highest BCUT2D eigenvalue weighted by Crippen LogP contribution is 2.46. The van der Waals surface area contributed by atoms with Crippen molar-refractivity contribution in [1.29, 1.82) is 0 Å². The molecule has 28 heavy (non-hydrogen) atoms. The van der Waals surface area contributed by atoms with Gasteiger partial charge in [0, 0.05) is 37.9 Å². The number of rotatable bonds is 3. The number of carbonyl (C=O) groups is 2. The van der Waals surface area contributed by atoms with Gasteiger partial charge < -0.3 is 15.5 Å². The highest BCUT2D eigenvalue weighted by molar-refractivity contribution is 7.17. The van der Waals surface area contributed by atoms with Crippen molar-refractivity contribution in [2.75, 3.05) is 25.4 Å². The summed E-state index contributed by atoms with van der Waals surface area (Å²) < 4.78 is 0. The van der Waals surface area contributed by atoms with Crippen LogP contribution in [0.25, 0.3) is 0 Å². The topological polar surface area (TPSA) is 79.5 Å². The summed E-state index contributed by atoms with van der Waals surface area (Å²) in [6.45, 7) is 7.89. The molecule has 148 valence electrons. The minimum Gasteiger partial charge on any atom is -0.375 e. The molecule has 2 aliphatic heterocycles. The number of nitrogens with two attached hydrogens (primary N) is 1. The Morgan fingerprint density at radius 2 is 1.96 bits per heavy atom. The number of hydrogen-bond acceptors (Lipinski definition) is 5. The minimum absolute atomic E-state index is 0.0120. The van der Waals surface area contributed by atoms with Gasteiger partial charge in [-0.25, -0.2) is 4.98 Å². The van der Waals surface area contributed by atoms with Crippen LogP contribution in [0.5, 0.6) is 0 Å². The van der Waals surface area contributed by atoms with Crippen molar-refractivity contribution < 1.29 is 9.59 Å². The second kappa shape index (κ2) is 7.20. The number of hydrogen-bond donors (Lipinski definition) is 1. The van der Waals surface area contributed by atoms with E-state index in [-0.39, 0.29) is 23.8 Å². The number of likely N-dealkylation sites (tertiary alicyclic amines) is 2. The second-order valence-corrected chi connectivity index (χ2v) is 8.83. The number of carbonyl (C=O) groups excluding carboxylic acids is 2. The molecule has 0 saturated carbocycles. The van der Waals surface area contributed by atoms with Gasteiger partial charge in [0.2, 0.25) is 5.91 Å². The number of thiazole rings is 1. The van der Waals surface area contributed by atoms with E-state index in [1.54, 1.807) is 0 Å². The summed E-state index contributed by atoms with van der Waals surface area (Å²) in [6.07, 6.45) is 0.504. The zero-order valence-electron chi connectivity index (χ0n) is 16.5. The summed E-state index contributed by atoms with van der Waals surface area (Å²) >= 11 is 1.26. The molecular weight excluding hydrogens is 372 g/mol. The Morgan fingerprint density at radius 1 is 1.21 bits per heavy atom. The van der Waals surface area contributed by atoms with E-state index in [0.717, 1.165) is 0 Å². The van der Waals surface area contributed by atoms with E-state index in [1.807, 2.05) is 35.8 Å². The van der Waals surface area contributed by atoms with Crippen molar-refractivity contribution in [2.24, 2.45) is 11.8 Å². The van der Waals surface area contributed by atoms with Crippen LogP contribution in [0.4, 0.5) is 5.13 Å². The minimum atomic E-state index is 0.0120. The monoisotopic (exact) mass is 398 g/mol. The molecule has 0 unspecified atom stereocenters. The molecule has 2 aliphatic rings. The second-order valence-electron chi connectivity index (χ2n) is 7.80. The van der Waals surface area contributed by atoms with E-state index >= 15 is 0 Å². The molecule has 1 aromatic carbocycles. The van der Waals surface area contributed by atoms with Crippen molar-refractivity contribution in [3.05, 3.63) is 46.0 Å². The van der Waals surface area contributed by atoms with Gasteiger partial charge in [0.15, 0.2) is 5.13 Å². The predicted molar refractivity (Wildman–Crippen MR) is 110 cm³/mol. The Hall–Kier alpha value is -2.41. The van der Waals surface area contributed by atoms with Crippen LogP contribution in [0.1, 0.15) is 45.9 Å². The number of fused-ring (bicyclic) bond motifs is 1. The fourth-order valence-corrected chi connectivity index (χ4v) is 5.55. The van der Waals surface area contributed by atoms with Crippen LogP contribution in [0.15, 0.2) is 24.3 Å². The normalized spacial score (nSPS) is 23.9. The highest BCUT2D eigenvalue weighted by atomic mass is 32.1. The van der Waals surface area contributed by atoms with Gasteiger partial charge in [-0.15, -0.1) is 0 Å². The number of amides is 2. The molecule has 0 bridgehead atoms. The van der Waals surface area contributed by atoms with Gasteiger partial charge in [-0.1, -0.05) is 42.5 Å². The van der Waals surface area contributed by atoms with Crippen LogP contribution in [-0.2, 0) is 4.79 Å². The molecule has 2 aromatic rings. The van der Waals surface area contributed by atoms with E-state index in [1.165, 1.54) is 22.5 Å². The smallest absolute Gasteiger partial charge is 0.265 e. The maximum absolute atomic E-state index is 13.1. The first-order valence-corrected chi connectivity index (χ1v) is 10.6. The SMILES string of the molecule is CCC(=O)N1C[C@@H]2CN(C(=O)c3sc(N)nc3C)C[C@@H]2[C@H]1c1ccccc1C. The van der Waals surface area contributed by atoms with Crippen molar-refractivity contribution in [3.63, 3.8) is 0 Å². The number of aromatic nitrogens is 1. The quantitative estimate of drug-likeness (QED) is 0.862. The van der Waals surface area contributed by atoms with E-state index in [2.05, 4.69) is 24.0 Å². The van der Waals surface area contributed by atoms with Crippen molar-refractivity contribution >= 4 is 28.3 Å². The van der Waals surface area contributed by atoms with Crippen LogP contribution < -0.4 is 5.73 Å². The molecule has 1 aromatic heterocycles. The maximum Gasteiger partial charge on any atom is 0.265 e. The van der Waals surface area contributed by atoms with Gasteiger partial charge in [-0.05, 0) is 25.0 Å². The summed E-state index contributed by atoms with van der Waals surface area (Å²) in [5.41, 5.74) is 8.87. The molecule has 2 fully saturated rings. The van der Waals surface area contributed by atoms with Crippen molar-refractivity contribution in [2.45, 2.75) is 33.2 Å². The van der Waals surface area contributed by atoms with Crippen molar-refractivity contribution in [3.8, 4) is 0 Å². The van der Waals surface area contributed by atoms with E-state index in [0.29, 0.717) is 47.7 Å². The molecule has 6 nitrogen and oxygen atoms in total. The van der Waals surface area contributed by atoms with Gasteiger partial charge >= 0.3 is 0 Å². The molecule has 3 heterocycles. The summed E-state index contributed by atoms with van der Waals surface area (Å²) in [4.78, 5) is 34.5. The lowest BCUT2D eigenvalue weighted by molar-refractivity contribution is -0.132. The van der Waals surface area contributed by atoms with Gasteiger partial charge in [0.05, 0.1) is 11.7 Å². The Morgan fingerprint density at radius 3 is 2.61 bits per heavy atom. The molecule has 2 N–H and O–H groups in total. The molecule has 0 aliphatic carbocycles. The molecular formula is C21H26N4O2S. The van der Waals surface area contributed by atoms with Crippen LogP contribution >= 0.6 is 11.3 Å². The number of nitrogens with zero attached hydrogens (tertiary/aromatic N) is 3. The van der Waals surface area contributed by atoms with Gasteiger partial charge in [-0.2, -0.15) is 0 Å². The first kappa shape index (κ1) is 18.9. The van der Waals surface area contributed by atoms with Crippen LogP contribution in [0.3, 0.4) is 0 Å². The lowest BCUT2D eigenvalue weighted by Gasteiger charge is -2.30. The average Bonchev–Trinajstić information content (AvgIpc) is 3.33. The fourth-order valence-electron chi connectivity index (χ4n) is 4.75. The first-order valence-electron chi connectivity index (χ1n) is 9.77. The predicted octanol–water partition coefficient (Wildman–Crippen LogP) is 3.02. The standard InChI is InChI=1S/C21H26N4O2S/c1-4-17(26)25-10-14-9-24(20(27)19-13(3)23-21(22)28-19)11-16(14)18(25)15-8-6-5-7-12(15)2/h5-8,14,16,18H,4,9-11H2,1-3H3,(H2,22,23)/t14-,16-,18+/m0/s1.